The van der Waals surface area contributed by atoms with E-state index >= 15 is 0 Å². The molecule has 3 heteroatoms. The van der Waals surface area contributed by atoms with Crippen molar-refractivity contribution in [1.29, 1.82) is 0 Å². The van der Waals surface area contributed by atoms with Crippen LogP contribution >= 0.6 is 12.6 Å². The largest absolute Gasteiger partial charge is 0.316 e. The molecule has 12 heavy (non-hydrogen) atoms. The third-order valence-electron chi connectivity index (χ3n) is 1.60. The second-order valence-electron chi connectivity index (χ2n) is 2.58. The number of nitrogens with one attached hydrogen (secondary N) is 1. The van der Waals surface area contributed by atoms with Gasteiger partial charge in [-0.15, -0.1) is 0 Å². The van der Waals surface area contributed by atoms with Crippen molar-refractivity contribution in [3.63, 3.8) is 0 Å². The summed E-state index contributed by atoms with van der Waals surface area (Å²) in [6, 6.07) is 4.06. The molecule has 0 unspecified atom stereocenters. The molecule has 1 aromatic rings. The molecule has 2 nitrogen and oxygen atoms in total. The molecule has 0 amide bonds. The standard InChI is InChI=1S/C9H14N2S/c12-7-6-10-5-3-9-2-1-4-11-8-9/h1-2,4,8,10,12H,3,5-7H2. The van der Waals surface area contributed by atoms with Gasteiger partial charge in [0.15, 0.2) is 0 Å². The minimum absolute atomic E-state index is 0.896. The normalized spacial score (nSPS) is 10.1. The van der Waals surface area contributed by atoms with Crippen LogP contribution in [0.25, 0.3) is 0 Å². The molecule has 0 aliphatic rings. The fourth-order valence-electron chi connectivity index (χ4n) is 0.983. The van der Waals surface area contributed by atoms with Crippen LogP contribution in [0.15, 0.2) is 24.5 Å². The van der Waals surface area contributed by atoms with Gasteiger partial charge in [-0.1, -0.05) is 6.07 Å². The van der Waals surface area contributed by atoms with Crippen molar-refractivity contribution in [2.24, 2.45) is 0 Å². The van der Waals surface area contributed by atoms with Crippen LogP contribution in [0.2, 0.25) is 0 Å². The first-order valence-corrected chi connectivity index (χ1v) is 4.77. The summed E-state index contributed by atoms with van der Waals surface area (Å²) in [7, 11) is 0. The van der Waals surface area contributed by atoms with E-state index in [9.17, 15) is 0 Å². The maximum Gasteiger partial charge on any atom is 0.0300 e. The molecule has 66 valence electrons. The van der Waals surface area contributed by atoms with E-state index in [1.165, 1.54) is 5.56 Å². The number of aromatic nitrogens is 1. The third kappa shape index (κ3) is 3.74. The molecule has 1 aromatic heterocycles. The van der Waals surface area contributed by atoms with Gasteiger partial charge in [0.1, 0.15) is 0 Å². The van der Waals surface area contributed by atoms with Gasteiger partial charge in [-0.25, -0.2) is 0 Å². The average molecular weight is 182 g/mol. The van der Waals surface area contributed by atoms with Crippen LogP contribution in [0.5, 0.6) is 0 Å². The molecular weight excluding hydrogens is 168 g/mol. The van der Waals surface area contributed by atoms with Crippen molar-refractivity contribution in [3.05, 3.63) is 30.1 Å². The lowest BCUT2D eigenvalue weighted by molar-refractivity contribution is 0.720. The molecule has 1 rings (SSSR count). The molecule has 1 heterocycles. The first-order chi connectivity index (χ1) is 5.93. The molecule has 0 bridgehead atoms. The van der Waals surface area contributed by atoms with E-state index in [0.717, 1.165) is 25.3 Å². The van der Waals surface area contributed by atoms with Gasteiger partial charge in [-0.05, 0) is 24.6 Å². The SMILES string of the molecule is SCCNCCc1cccnc1. The minimum Gasteiger partial charge on any atom is -0.316 e. The Hall–Kier alpha value is -0.540. The Morgan fingerprint density at radius 2 is 2.33 bits per heavy atom. The van der Waals surface area contributed by atoms with Crippen molar-refractivity contribution >= 4 is 12.6 Å². The number of pyridine rings is 1. The summed E-state index contributed by atoms with van der Waals surface area (Å²) in [5, 5.41) is 3.28. The summed E-state index contributed by atoms with van der Waals surface area (Å²) in [6.07, 6.45) is 4.74. The number of rotatable bonds is 5. The van der Waals surface area contributed by atoms with Crippen LogP contribution in [-0.4, -0.2) is 23.8 Å². The Labute approximate surface area is 78.8 Å². The van der Waals surface area contributed by atoms with Gasteiger partial charge in [-0.3, -0.25) is 4.98 Å². The zero-order valence-corrected chi connectivity index (χ0v) is 7.93. The zero-order valence-electron chi connectivity index (χ0n) is 7.03. The number of thiol groups is 1. The van der Waals surface area contributed by atoms with Crippen LogP contribution in [0, 0.1) is 0 Å². The maximum absolute atomic E-state index is 4.11. The van der Waals surface area contributed by atoms with Crippen molar-refractivity contribution in [2.75, 3.05) is 18.8 Å². The van der Waals surface area contributed by atoms with Crippen LogP contribution < -0.4 is 5.32 Å². The van der Waals surface area contributed by atoms with Crippen LogP contribution in [0.4, 0.5) is 0 Å². The topological polar surface area (TPSA) is 24.9 Å². The first-order valence-electron chi connectivity index (χ1n) is 4.14. The van der Waals surface area contributed by atoms with E-state index < -0.39 is 0 Å². The molecule has 0 aromatic carbocycles. The lowest BCUT2D eigenvalue weighted by Crippen LogP contribution is -2.19. The van der Waals surface area contributed by atoms with Crippen LogP contribution in [-0.2, 0) is 6.42 Å². The quantitative estimate of drug-likeness (QED) is 0.527. The molecular formula is C9H14N2S. The second-order valence-corrected chi connectivity index (χ2v) is 3.03. The third-order valence-corrected chi connectivity index (χ3v) is 1.83. The number of nitrogens with zero attached hydrogens (tertiary/aromatic N) is 1. The summed E-state index contributed by atoms with van der Waals surface area (Å²) in [5.74, 6) is 0.896. The van der Waals surface area contributed by atoms with E-state index in [0.29, 0.717) is 0 Å². The van der Waals surface area contributed by atoms with E-state index in [1.807, 2.05) is 12.3 Å². The van der Waals surface area contributed by atoms with Crippen LogP contribution in [0.1, 0.15) is 5.56 Å². The Balaban J connectivity index is 2.16. The lowest BCUT2D eigenvalue weighted by atomic mass is 10.2. The fourth-order valence-corrected chi connectivity index (χ4v) is 1.14. The minimum atomic E-state index is 0.896. The Bertz CT molecular complexity index is 201. The molecule has 0 saturated heterocycles. The zero-order chi connectivity index (χ0) is 8.65. The molecule has 0 aliphatic carbocycles. The van der Waals surface area contributed by atoms with Gasteiger partial charge in [0.2, 0.25) is 0 Å². The first kappa shape index (κ1) is 9.55. The Morgan fingerprint density at radius 1 is 1.42 bits per heavy atom. The summed E-state index contributed by atoms with van der Waals surface area (Å²) in [6.45, 7) is 1.98. The molecule has 0 aliphatic heterocycles. The monoisotopic (exact) mass is 182 g/mol. The van der Waals surface area contributed by atoms with Gasteiger partial charge >= 0.3 is 0 Å². The highest BCUT2D eigenvalue weighted by Crippen LogP contribution is 1.94. The van der Waals surface area contributed by atoms with Crippen molar-refractivity contribution < 1.29 is 0 Å². The molecule has 0 radical (unpaired) electrons. The highest BCUT2D eigenvalue weighted by atomic mass is 32.1. The van der Waals surface area contributed by atoms with Gasteiger partial charge in [0, 0.05) is 24.7 Å². The van der Waals surface area contributed by atoms with Gasteiger partial charge < -0.3 is 5.32 Å². The molecule has 1 N–H and O–H groups in total. The summed E-state index contributed by atoms with van der Waals surface area (Å²) in [4.78, 5) is 4.04. The van der Waals surface area contributed by atoms with E-state index in [-0.39, 0.29) is 0 Å². The number of hydrogen-bond donors (Lipinski definition) is 2. The van der Waals surface area contributed by atoms with E-state index in [4.69, 9.17) is 0 Å². The Morgan fingerprint density at radius 3 is 3.00 bits per heavy atom. The highest BCUT2D eigenvalue weighted by molar-refractivity contribution is 7.80. The molecule has 0 saturated carbocycles. The van der Waals surface area contributed by atoms with Gasteiger partial charge in [-0.2, -0.15) is 12.6 Å². The van der Waals surface area contributed by atoms with Gasteiger partial charge in [0.05, 0.1) is 0 Å². The summed E-state index contributed by atoms with van der Waals surface area (Å²) in [5.41, 5.74) is 1.28. The van der Waals surface area contributed by atoms with Crippen molar-refractivity contribution in [1.82, 2.24) is 10.3 Å². The summed E-state index contributed by atoms with van der Waals surface area (Å²) < 4.78 is 0. The molecule has 0 spiro atoms. The second kappa shape index (κ2) is 6.03. The van der Waals surface area contributed by atoms with Crippen LogP contribution in [0.3, 0.4) is 0 Å². The molecule has 0 fully saturated rings. The fraction of sp³-hybridized carbons (Fsp3) is 0.444. The maximum atomic E-state index is 4.11. The summed E-state index contributed by atoms with van der Waals surface area (Å²) >= 11 is 4.11. The predicted molar refractivity (Wildman–Crippen MR) is 54.7 cm³/mol. The smallest absolute Gasteiger partial charge is 0.0300 e. The Kier molecular flexibility index (Phi) is 4.80. The number of hydrogen-bond acceptors (Lipinski definition) is 3. The average Bonchev–Trinajstić information content (AvgIpc) is 2.14. The lowest BCUT2D eigenvalue weighted by Gasteiger charge is -2.01. The van der Waals surface area contributed by atoms with Crippen molar-refractivity contribution in [2.45, 2.75) is 6.42 Å². The van der Waals surface area contributed by atoms with Crippen molar-refractivity contribution in [3.8, 4) is 0 Å². The highest BCUT2D eigenvalue weighted by Gasteiger charge is 1.90. The van der Waals surface area contributed by atoms with E-state index in [1.54, 1.807) is 6.20 Å². The predicted octanol–water partition coefficient (Wildman–Crippen LogP) is 1.14. The van der Waals surface area contributed by atoms with Gasteiger partial charge in [0.25, 0.3) is 0 Å². The molecule has 0 atom stereocenters. The van der Waals surface area contributed by atoms with E-state index in [2.05, 4.69) is 29.0 Å².